The van der Waals surface area contributed by atoms with Crippen molar-refractivity contribution >= 4 is 27.5 Å². The summed E-state index contributed by atoms with van der Waals surface area (Å²) in [6.07, 6.45) is 1.63. The van der Waals surface area contributed by atoms with Gasteiger partial charge in [0.25, 0.3) is 0 Å². The van der Waals surface area contributed by atoms with Gasteiger partial charge < -0.3 is 11.1 Å². The standard InChI is InChI=1S/C12H14BrFN2O/c1-7-4-8(13)9(14)5-10(7)16-11(17)12(6-15)2-3-12/h4-5H,2-3,6,15H2,1H3,(H,16,17). The van der Waals surface area contributed by atoms with Crippen molar-refractivity contribution in [3.63, 3.8) is 0 Å². The predicted molar refractivity (Wildman–Crippen MR) is 68.2 cm³/mol. The number of carbonyl (C=O) groups excluding carboxylic acids is 1. The SMILES string of the molecule is Cc1cc(Br)c(F)cc1NC(=O)C1(CN)CC1. The summed E-state index contributed by atoms with van der Waals surface area (Å²) < 4.78 is 13.8. The number of nitrogens with two attached hydrogens (primary N) is 1. The Morgan fingerprint density at radius 2 is 2.24 bits per heavy atom. The molecule has 1 aromatic carbocycles. The average Bonchev–Trinajstić information content (AvgIpc) is 3.06. The second kappa shape index (κ2) is 4.38. The van der Waals surface area contributed by atoms with E-state index in [-0.39, 0.29) is 11.7 Å². The summed E-state index contributed by atoms with van der Waals surface area (Å²) in [6, 6.07) is 2.97. The number of halogens is 2. The number of rotatable bonds is 3. The van der Waals surface area contributed by atoms with Crippen molar-refractivity contribution in [3.05, 3.63) is 28.0 Å². The molecule has 1 aliphatic rings. The molecule has 5 heteroatoms. The highest BCUT2D eigenvalue weighted by atomic mass is 79.9. The van der Waals surface area contributed by atoms with Crippen molar-refractivity contribution in [2.24, 2.45) is 11.1 Å². The Labute approximate surface area is 108 Å². The second-order valence-electron chi connectivity index (χ2n) is 4.52. The van der Waals surface area contributed by atoms with Gasteiger partial charge in [-0.1, -0.05) is 0 Å². The minimum atomic E-state index is -0.421. The van der Waals surface area contributed by atoms with Crippen molar-refractivity contribution < 1.29 is 9.18 Å². The molecule has 17 heavy (non-hydrogen) atoms. The number of nitrogens with one attached hydrogen (secondary N) is 1. The number of carbonyl (C=O) groups is 1. The van der Waals surface area contributed by atoms with Crippen LogP contribution in [0.15, 0.2) is 16.6 Å². The summed E-state index contributed by atoms with van der Waals surface area (Å²) in [7, 11) is 0. The Kier molecular flexibility index (Phi) is 3.23. The third-order valence-electron chi connectivity index (χ3n) is 3.24. The maximum absolute atomic E-state index is 13.4. The summed E-state index contributed by atoms with van der Waals surface area (Å²) in [6.45, 7) is 2.17. The fourth-order valence-corrected chi connectivity index (χ4v) is 2.17. The molecular formula is C12H14BrFN2O. The molecule has 92 valence electrons. The van der Waals surface area contributed by atoms with Gasteiger partial charge in [-0.3, -0.25) is 4.79 Å². The highest BCUT2D eigenvalue weighted by Gasteiger charge is 2.48. The summed E-state index contributed by atoms with van der Waals surface area (Å²) in [4.78, 5) is 12.0. The third kappa shape index (κ3) is 2.35. The molecule has 1 saturated carbocycles. The molecule has 0 unspecified atom stereocenters. The summed E-state index contributed by atoms with van der Waals surface area (Å²) in [5.74, 6) is -0.492. The van der Waals surface area contributed by atoms with E-state index in [1.54, 1.807) is 6.07 Å². The minimum Gasteiger partial charge on any atom is -0.329 e. The Morgan fingerprint density at radius 1 is 1.59 bits per heavy atom. The Balaban J connectivity index is 2.19. The largest absolute Gasteiger partial charge is 0.329 e. The summed E-state index contributed by atoms with van der Waals surface area (Å²) >= 11 is 3.10. The number of hydrogen-bond acceptors (Lipinski definition) is 2. The molecule has 1 fully saturated rings. The summed E-state index contributed by atoms with van der Waals surface area (Å²) in [5.41, 5.74) is 6.48. The molecule has 1 aromatic rings. The first-order valence-corrected chi connectivity index (χ1v) is 6.25. The van der Waals surface area contributed by atoms with E-state index in [4.69, 9.17) is 5.73 Å². The van der Waals surface area contributed by atoms with Crippen molar-refractivity contribution in [1.29, 1.82) is 0 Å². The van der Waals surface area contributed by atoms with Gasteiger partial charge >= 0.3 is 0 Å². The Bertz CT molecular complexity index is 472. The van der Waals surface area contributed by atoms with Crippen LogP contribution in [0.5, 0.6) is 0 Å². The third-order valence-corrected chi connectivity index (χ3v) is 3.85. The van der Waals surface area contributed by atoms with Crippen molar-refractivity contribution in [2.45, 2.75) is 19.8 Å². The average molecular weight is 301 g/mol. The van der Waals surface area contributed by atoms with Gasteiger partial charge in [0.2, 0.25) is 5.91 Å². The van der Waals surface area contributed by atoms with Gasteiger partial charge in [0.1, 0.15) is 5.82 Å². The molecule has 0 spiro atoms. The van der Waals surface area contributed by atoms with Crippen LogP contribution in [0.25, 0.3) is 0 Å². The first-order valence-electron chi connectivity index (χ1n) is 5.46. The Hall–Kier alpha value is -0.940. The molecule has 1 amide bonds. The van der Waals surface area contributed by atoms with Crippen LogP contribution in [0.2, 0.25) is 0 Å². The first kappa shape index (κ1) is 12.5. The lowest BCUT2D eigenvalue weighted by molar-refractivity contribution is -0.120. The van der Waals surface area contributed by atoms with Crippen molar-refractivity contribution in [3.8, 4) is 0 Å². The zero-order valence-electron chi connectivity index (χ0n) is 9.52. The quantitative estimate of drug-likeness (QED) is 0.901. The van der Waals surface area contributed by atoms with E-state index in [2.05, 4.69) is 21.2 Å². The van der Waals surface area contributed by atoms with Crippen LogP contribution in [-0.2, 0) is 4.79 Å². The fraction of sp³-hybridized carbons (Fsp3) is 0.417. The van der Waals surface area contributed by atoms with Gasteiger partial charge in [-0.05, 0) is 53.4 Å². The van der Waals surface area contributed by atoms with Crippen LogP contribution in [0, 0.1) is 18.2 Å². The molecule has 0 radical (unpaired) electrons. The van der Waals surface area contributed by atoms with Crippen LogP contribution < -0.4 is 11.1 Å². The normalized spacial score (nSPS) is 16.7. The lowest BCUT2D eigenvalue weighted by Gasteiger charge is -2.14. The maximum atomic E-state index is 13.4. The molecule has 0 saturated heterocycles. The van der Waals surface area contributed by atoms with Gasteiger partial charge in [-0.25, -0.2) is 4.39 Å². The highest BCUT2D eigenvalue weighted by molar-refractivity contribution is 9.10. The van der Waals surface area contributed by atoms with Crippen molar-refractivity contribution in [2.75, 3.05) is 11.9 Å². The minimum absolute atomic E-state index is 0.107. The van der Waals surface area contributed by atoms with Gasteiger partial charge in [-0.2, -0.15) is 0 Å². The second-order valence-corrected chi connectivity index (χ2v) is 5.37. The smallest absolute Gasteiger partial charge is 0.231 e. The summed E-state index contributed by atoms with van der Waals surface area (Å²) in [5, 5.41) is 2.75. The van der Waals surface area contributed by atoms with E-state index in [1.165, 1.54) is 6.07 Å². The van der Waals surface area contributed by atoms with E-state index >= 15 is 0 Å². The lowest BCUT2D eigenvalue weighted by Crippen LogP contribution is -2.31. The molecule has 1 aliphatic carbocycles. The van der Waals surface area contributed by atoms with E-state index in [0.29, 0.717) is 16.7 Å². The van der Waals surface area contributed by atoms with E-state index in [0.717, 1.165) is 18.4 Å². The Morgan fingerprint density at radius 3 is 2.76 bits per heavy atom. The predicted octanol–water partition coefficient (Wildman–Crippen LogP) is 2.57. The monoisotopic (exact) mass is 300 g/mol. The number of aryl methyl sites for hydroxylation is 1. The topological polar surface area (TPSA) is 55.1 Å². The number of amides is 1. The zero-order chi connectivity index (χ0) is 12.6. The number of benzene rings is 1. The van der Waals surface area contributed by atoms with Crippen LogP contribution in [0.1, 0.15) is 18.4 Å². The van der Waals surface area contributed by atoms with E-state index in [9.17, 15) is 9.18 Å². The van der Waals surface area contributed by atoms with E-state index in [1.807, 2.05) is 6.92 Å². The molecule has 3 nitrogen and oxygen atoms in total. The number of hydrogen-bond donors (Lipinski definition) is 2. The molecular weight excluding hydrogens is 287 g/mol. The molecule has 2 rings (SSSR count). The molecule has 0 bridgehead atoms. The van der Waals surface area contributed by atoms with Gasteiger partial charge in [0.15, 0.2) is 0 Å². The van der Waals surface area contributed by atoms with Gasteiger partial charge in [0, 0.05) is 12.2 Å². The van der Waals surface area contributed by atoms with Crippen LogP contribution in [0.4, 0.5) is 10.1 Å². The zero-order valence-corrected chi connectivity index (χ0v) is 11.1. The van der Waals surface area contributed by atoms with Crippen molar-refractivity contribution in [1.82, 2.24) is 0 Å². The highest BCUT2D eigenvalue weighted by Crippen LogP contribution is 2.45. The first-order chi connectivity index (χ1) is 7.98. The van der Waals surface area contributed by atoms with Crippen LogP contribution >= 0.6 is 15.9 Å². The molecule has 0 aromatic heterocycles. The van der Waals surface area contributed by atoms with Crippen LogP contribution in [0.3, 0.4) is 0 Å². The number of anilines is 1. The van der Waals surface area contributed by atoms with Crippen LogP contribution in [-0.4, -0.2) is 12.5 Å². The van der Waals surface area contributed by atoms with E-state index < -0.39 is 5.41 Å². The molecule has 0 atom stereocenters. The fourth-order valence-electron chi connectivity index (χ4n) is 1.71. The molecule has 3 N–H and O–H groups in total. The molecule has 0 heterocycles. The lowest BCUT2D eigenvalue weighted by atomic mass is 10.1. The molecule has 0 aliphatic heterocycles. The van der Waals surface area contributed by atoms with Gasteiger partial charge in [0.05, 0.1) is 9.89 Å². The van der Waals surface area contributed by atoms with Gasteiger partial charge in [-0.15, -0.1) is 0 Å². The maximum Gasteiger partial charge on any atom is 0.231 e.